The van der Waals surface area contributed by atoms with Crippen LogP contribution in [0.4, 0.5) is 0 Å². The zero-order valence-corrected chi connectivity index (χ0v) is 15.5. The maximum absolute atomic E-state index is 12.1. The van der Waals surface area contributed by atoms with E-state index in [0.717, 1.165) is 15.6 Å². The summed E-state index contributed by atoms with van der Waals surface area (Å²) in [5.74, 6) is -0.205. The molecule has 1 aromatic heterocycles. The molecule has 2 aromatic rings. The summed E-state index contributed by atoms with van der Waals surface area (Å²) in [6.07, 6.45) is 0.0766. The van der Waals surface area contributed by atoms with Crippen LogP contribution >= 0.6 is 11.3 Å². The van der Waals surface area contributed by atoms with Crippen molar-refractivity contribution in [2.75, 3.05) is 6.54 Å². The third kappa shape index (κ3) is 4.86. The molecule has 24 heavy (non-hydrogen) atoms. The second kappa shape index (κ2) is 7.87. The Hall–Kier alpha value is -1.77. The monoisotopic (exact) mass is 367 g/mol. The van der Waals surface area contributed by atoms with Gasteiger partial charge in [-0.3, -0.25) is 4.79 Å². The maximum Gasteiger partial charge on any atom is 0.240 e. The average molecular weight is 367 g/mol. The first kappa shape index (κ1) is 18.6. The van der Waals surface area contributed by atoms with Gasteiger partial charge in [-0.15, -0.1) is 11.3 Å². The molecular formula is C16H21N3O3S2. The van der Waals surface area contributed by atoms with Gasteiger partial charge in [-0.1, -0.05) is 18.2 Å². The van der Waals surface area contributed by atoms with Crippen molar-refractivity contribution >= 4 is 27.3 Å². The minimum Gasteiger partial charge on any atom is -0.349 e. The zero-order chi connectivity index (χ0) is 17.7. The highest BCUT2D eigenvalue weighted by Gasteiger charge is 2.17. The summed E-state index contributed by atoms with van der Waals surface area (Å²) in [5.41, 5.74) is 0.912. The van der Waals surface area contributed by atoms with Gasteiger partial charge < -0.3 is 5.32 Å². The molecular weight excluding hydrogens is 346 g/mol. The summed E-state index contributed by atoms with van der Waals surface area (Å²) >= 11 is 1.55. The lowest BCUT2D eigenvalue weighted by Gasteiger charge is -2.13. The van der Waals surface area contributed by atoms with Crippen LogP contribution in [0.2, 0.25) is 0 Å². The number of thiazole rings is 1. The minimum absolute atomic E-state index is 0.0521. The van der Waals surface area contributed by atoms with Crippen molar-refractivity contribution in [3.63, 3.8) is 0 Å². The van der Waals surface area contributed by atoms with Gasteiger partial charge in [0.25, 0.3) is 0 Å². The molecule has 1 atom stereocenters. The molecule has 0 spiro atoms. The van der Waals surface area contributed by atoms with E-state index in [1.54, 1.807) is 29.5 Å². The maximum atomic E-state index is 12.1. The number of aryl methyl sites for hydroxylation is 2. The zero-order valence-electron chi connectivity index (χ0n) is 13.9. The fourth-order valence-corrected chi connectivity index (χ4v) is 4.29. The van der Waals surface area contributed by atoms with Crippen molar-refractivity contribution in [3.8, 4) is 0 Å². The van der Waals surface area contributed by atoms with E-state index in [9.17, 15) is 13.2 Å². The van der Waals surface area contributed by atoms with E-state index in [1.165, 1.54) is 12.1 Å². The Morgan fingerprint density at radius 1 is 1.25 bits per heavy atom. The Morgan fingerprint density at radius 2 is 1.92 bits per heavy atom. The summed E-state index contributed by atoms with van der Waals surface area (Å²) in [6, 6.07) is 7.94. The van der Waals surface area contributed by atoms with Crippen molar-refractivity contribution in [1.29, 1.82) is 0 Å². The fraction of sp³-hybridized carbons (Fsp3) is 0.375. The number of benzene rings is 1. The Bertz CT molecular complexity index is 801. The Morgan fingerprint density at radius 3 is 2.50 bits per heavy atom. The van der Waals surface area contributed by atoms with E-state index in [2.05, 4.69) is 15.0 Å². The van der Waals surface area contributed by atoms with Gasteiger partial charge in [0.15, 0.2) is 0 Å². The molecule has 130 valence electrons. The lowest BCUT2D eigenvalue weighted by molar-refractivity contribution is -0.121. The van der Waals surface area contributed by atoms with Crippen LogP contribution in [0.25, 0.3) is 0 Å². The second-order valence-electron chi connectivity index (χ2n) is 5.43. The van der Waals surface area contributed by atoms with Crippen LogP contribution in [0.5, 0.6) is 0 Å². The van der Waals surface area contributed by atoms with Gasteiger partial charge in [-0.2, -0.15) is 0 Å². The lowest BCUT2D eigenvalue weighted by atomic mass is 10.2. The Labute approximate surface area is 146 Å². The highest BCUT2D eigenvalue weighted by Crippen LogP contribution is 2.24. The predicted octanol–water partition coefficient (Wildman–Crippen LogP) is 2.31. The van der Waals surface area contributed by atoms with Crippen LogP contribution in [-0.4, -0.2) is 25.9 Å². The highest BCUT2D eigenvalue weighted by atomic mass is 32.2. The van der Waals surface area contributed by atoms with Gasteiger partial charge in [0.05, 0.1) is 21.6 Å². The van der Waals surface area contributed by atoms with E-state index in [4.69, 9.17) is 0 Å². The molecule has 0 aliphatic carbocycles. The van der Waals surface area contributed by atoms with Crippen molar-refractivity contribution in [2.24, 2.45) is 0 Å². The summed E-state index contributed by atoms with van der Waals surface area (Å²) in [6.45, 7) is 5.78. The van der Waals surface area contributed by atoms with Crippen molar-refractivity contribution in [1.82, 2.24) is 15.0 Å². The summed E-state index contributed by atoms with van der Waals surface area (Å²) < 4.78 is 26.5. The van der Waals surface area contributed by atoms with Gasteiger partial charge in [-0.05, 0) is 32.9 Å². The molecule has 0 aliphatic rings. The van der Waals surface area contributed by atoms with Crippen LogP contribution in [0.15, 0.2) is 35.2 Å². The predicted molar refractivity (Wildman–Crippen MR) is 94.4 cm³/mol. The van der Waals surface area contributed by atoms with Crippen molar-refractivity contribution in [2.45, 2.75) is 38.1 Å². The number of rotatable bonds is 7. The van der Waals surface area contributed by atoms with Crippen LogP contribution in [0, 0.1) is 13.8 Å². The van der Waals surface area contributed by atoms with Crippen LogP contribution in [0.3, 0.4) is 0 Å². The normalized spacial score (nSPS) is 12.8. The molecule has 0 fully saturated rings. The van der Waals surface area contributed by atoms with E-state index < -0.39 is 10.0 Å². The summed E-state index contributed by atoms with van der Waals surface area (Å²) in [5, 5.41) is 3.83. The number of sulfonamides is 1. The van der Waals surface area contributed by atoms with Crippen LogP contribution in [-0.2, 0) is 14.8 Å². The molecule has 0 unspecified atom stereocenters. The molecule has 0 saturated heterocycles. The minimum atomic E-state index is -3.58. The third-order valence-corrected chi connectivity index (χ3v) is 6.14. The van der Waals surface area contributed by atoms with E-state index in [0.29, 0.717) is 0 Å². The van der Waals surface area contributed by atoms with Gasteiger partial charge in [0, 0.05) is 17.8 Å². The quantitative estimate of drug-likeness (QED) is 0.786. The molecule has 1 aromatic carbocycles. The molecule has 2 N–H and O–H groups in total. The van der Waals surface area contributed by atoms with Gasteiger partial charge in [0.2, 0.25) is 15.9 Å². The van der Waals surface area contributed by atoms with E-state index in [1.807, 2.05) is 20.8 Å². The molecule has 2 rings (SSSR count). The highest BCUT2D eigenvalue weighted by molar-refractivity contribution is 7.89. The summed E-state index contributed by atoms with van der Waals surface area (Å²) in [4.78, 5) is 17.6. The smallest absolute Gasteiger partial charge is 0.240 e. The molecule has 0 saturated carbocycles. The SMILES string of the molecule is Cc1nc(C)c([C@H](C)NC(=O)CCNS(=O)(=O)c2ccccc2)s1. The standard InChI is InChI=1S/C16H21N3O3S2/c1-11-16(23-13(3)18-11)12(2)19-15(20)9-10-17-24(21,22)14-7-5-4-6-8-14/h4-8,12,17H,9-10H2,1-3H3,(H,19,20)/t12-/m0/s1. The third-order valence-electron chi connectivity index (χ3n) is 3.41. The van der Waals surface area contributed by atoms with E-state index in [-0.39, 0.29) is 29.8 Å². The van der Waals surface area contributed by atoms with Gasteiger partial charge in [-0.25, -0.2) is 18.1 Å². The van der Waals surface area contributed by atoms with Crippen LogP contribution < -0.4 is 10.0 Å². The first-order valence-electron chi connectivity index (χ1n) is 7.57. The van der Waals surface area contributed by atoms with Gasteiger partial charge >= 0.3 is 0 Å². The molecule has 0 radical (unpaired) electrons. The second-order valence-corrected chi connectivity index (χ2v) is 8.43. The lowest BCUT2D eigenvalue weighted by Crippen LogP contribution is -2.32. The Kier molecular flexibility index (Phi) is 6.09. The number of carbonyl (C=O) groups is 1. The first-order valence-corrected chi connectivity index (χ1v) is 9.87. The number of aromatic nitrogens is 1. The first-order chi connectivity index (χ1) is 11.3. The number of nitrogens with one attached hydrogen (secondary N) is 2. The topological polar surface area (TPSA) is 88.2 Å². The number of amides is 1. The van der Waals surface area contributed by atoms with Crippen LogP contribution in [0.1, 0.15) is 35.0 Å². The molecule has 1 amide bonds. The van der Waals surface area contributed by atoms with Crippen molar-refractivity contribution in [3.05, 3.63) is 45.9 Å². The molecule has 6 nitrogen and oxygen atoms in total. The summed E-state index contributed by atoms with van der Waals surface area (Å²) in [7, 11) is -3.58. The fourth-order valence-electron chi connectivity index (χ4n) is 2.31. The average Bonchev–Trinajstić information content (AvgIpc) is 2.86. The number of hydrogen-bond acceptors (Lipinski definition) is 5. The molecule has 8 heteroatoms. The molecule has 1 heterocycles. The number of hydrogen-bond donors (Lipinski definition) is 2. The van der Waals surface area contributed by atoms with E-state index >= 15 is 0 Å². The number of nitrogens with zero attached hydrogens (tertiary/aromatic N) is 1. The Balaban J connectivity index is 1.84. The van der Waals surface area contributed by atoms with Crippen molar-refractivity contribution < 1.29 is 13.2 Å². The number of carbonyl (C=O) groups excluding carboxylic acids is 1. The molecule has 0 bridgehead atoms. The van der Waals surface area contributed by atoms with Gasteiger partial charge in [0.1, 0.15) is 0 Å². The largest absolute Gasteiger partial charge is 0.349 e. The molecule has 0 aliphatic heterocycles.